The number of likely N-dealkylation sites (tertiary alicyclic amines) is 1. The van der Waals surface area contributed by atoms with Crippen molar-refractivity contribution in [2.75, 3.05) is 13.1 Å². The number of nitrogens with two attached hydrogens (primary N) is 1. The third kappa shape index (κ3) is 3.30. The Morgan fingerprint density at radius 2 is 2.06 bits per heavy atom. The molecule has 2 unspecified atom stereocenters. The van der Waals surface area contributed by atoms with Crippen LogP contribution in [-0.4, -0.2) is 23.7 Å². The van der Waals surface area contributed by atoms with Gasteiger partial charge in [-0.15, -0.1) is 0 Å². The van der Waals surface area contributed by atoms with Gasteiger partial charge in [-0.05, 0) is 49.9 Å². The van der Waals surface area contributed by atoms with Gasteiger partial charge in [0, 0.05) is 13.0 Å². The zero-order valence-electron chi connectivity index (χ0n) is 11.3. The molecule has 0 saturated carbocycles. The minimum absolute atomic E-state index is 0.191. The Morgan fingerprint density at radius 3 is 2.67 bits per heavy atom. The number of hydrogen-bond donors (Lipinski definition) is 1. The molecule has 1 heterocycles. The fraction of sp³-hybridized carbons (Fsp3) is 0.600. The lowest BCUT2D eigenvalue weighted by atomic mass is 9.94. The molecule has 18 heavy (non-hydrogen) atoms. The summed E-state index contributed by atoms with van der Waals surface area (Å²) in [7, 11) is 0. The first-order chi connectivity index (χ1) is 8.47. The van der Waals surface area contributed by atoms with Crippen LogP contribution in [0.25, 0.3) is 0 Å². The summed E-state index contributed by atoms with van der Waals surface area (Å²) in [4.78, 5) is 2.37. The molecule has 2 N–H and O–H groups in total. The first-order valence-electron chi connectivity index (χ1n) is 6.76. The largest absolute Gasteiger partial charge is 0.313 e. The smallest absolute Gasteiger partial charge is 0.123 e. The highest BCUT2D eigenvalue weighted by atomic mass is 19.1. The predicted octanol–water partition coefficient (Wildman–Crippen LogP) is 2.78. The average Bonchev–Trinajstić information content (AvgIpc) is 2.32. The summed E-state index contributed by atoms with van der Waals surface area (Å²) in [5, 5.41) is 0. The van der Waals surface area contributed by atoms with Crippen molar-refractivity contribution in [2.45, 2.75) is 38.8 Å². The Balaban J connectivity index is 2.03. The number of nitrogens with zero attached hydrogens (tertiary/aromatic N) is 1. The van der Waals surface area contributed by atoms with E-state index in [1.165, 1.54) is 25.0 Å². The van der Waals surface area contributed by atoms with Crippen LogP contribution in [0.5, 0.6) is 0 Å². The van der Waals surface area contributed by atoms with Gasteiger partial charge in [0.05, 0.1) is 5.66 Å². The van der Waals surface area contributed by atoms with Crippen molar-refractivity contribution in [1.82, 2.24) is 4.90 Å². The lowest BCUT2D eigenvalue weighted by Gasteiger charge is -2.42. The van der Waals surface area contributed by atoms with Gasteiger partial charge in [-0.2, -0.15) is 0 Å². The highest BCUT2D eigenvalue weighted by Gasteiger charge is 2.30. The predicted molar refractivity (Wildman–Crippen MR) is 72.7 cm³/mol. The molecule has 100 valence electrons. The van der Waals surface area contributed by atoms with Gasteiger partial charge in [0.15, 0.2) is 0 Å². The van der Waals surface area contributed by atoms with E-state index >= 15 is 0 Å². The summed E-state index contributed by atoms with van der Waals surface area (Å²) >= 11 is 0. The molecule has 1 saturated heterocycles. The van der Waals surface area contributed by atoms with E-state index in [-0.39, 0.29) is 11.5 Å². The van der Waals surface area contributed by atoms with Crippen LogP contribution in [0.1, 0.15) is 32.3 Å². The van der Waals surface area contributed by atoms with Crippen molar-refractivity contribution >= 4 is 0 Å². The van der Waals surface area contributed by atoms with E-state index < -0.39 is 0 Å². The highest BCUT2D eigenvalue weighted by Crippen LogP contribution is 2.23. The zero-order chi connectivity index (χ0) is 13.2. The van der Waals surface area contributed by atoms with E-state index in [4.69, 9.17) is 5.73 Å². The van der Waals surface area contributed by atoms with Crippen molar-refractivity contribution in [3.63, 3.8) is 0 Å². The van der Waals surface area contributed by atoms with Crippen LogP contribution in [-0.2, 0) is 6.42 Å². The Hall–Kier alpha value is -0.930. The summed E-state index contributed by atoms with van der Waals surface area (Å²) < 4.78 is 12.9. The molecule has 0 aliphatic carbocycles. The van der Waals surface area contributed by atoms with Crippen molar-refractivity contribution in [2.24, 2.45) is 11.7 Å². The van der Waals surface area contributed by atoms with Gasteiger partial charge < -0.3 is 5.73 Å². The molecule has 3 heteroatoms. The monoisotopic (exact) mass is 250 g/mol. The highest BCUT2D eigenvalue weighted by molar-refractivity contribution is 5.18. The SMILES string of the molecule is CC1CCCN(C(C)(N)Cc2ccc(F)cc2)C1. The van der Waals surface area contributed by atoms with E-state index in [9.17, 15) is 4.39 Å². The van der Waals surface area contributed by atoms with E-state index in [0.29, 0.717) is 0 Å². The zero-order valence-corrected chi connectivity index (χ0v) is 11.3. The minimum Gasteiger partial charge on any atom is -0.313 e. The van der Waals surface area contributed by atoms with E-state index in [2.05, 4.69) is 18.7 Å². The van der Waals surface area contributed by atoms with Crippen molar-refractivity contribution in [1.29, 1.82) is 0 Å². The summed E-state index contributed by atoms with van der Waals surface area (Å²) in [6, 6.07) is 6.66. The van der Waals surface area contributed by atoms with Crippen LogP contribution in [0.4, 0.5) is 4.39 Å². The number of rotatable bonds is 3. The molecule has 1 aliphatic heterocycles. The molecule has 0 radical (unpaired) electrons. The van der Waals surface area contributed by atoms with Crippen LogP contribution in [0.15, 0.2) is 24.3 Å². The van der Waals surface area contributed by atoms with Gasteiger partial charge in [0.1, 0.15) is 5.82 Å². The van der Waals surface area contributed by atoms with E-state index in [1.807, 2.05) is 12.1 Å². The fourth-order valence-electron chi connectivity index (χ4n) is 2.78. The van der Waals surface area contributed by atoms with E-state index in [0.717, 1.165) is 31.0 Å². The minimum atomic E-state index is -0.341. The molecule has 2 atom stereocenters. The molecule has 0 amide bonds. The van der Waals surface area contributed by atoms with Crippen LogP contribution in [0.3, 0.4) is 0 Å². The maximum absolute atomic E-state index is 12.9. The summed E-state index contributed by atoms with van der Waals surface area (Å²) in [5.74, 6) is 0.527. The topological polar surface area (TPSA) is 29.3 Å². The maximum Gasteiger partial charge on any atom is 0.123 e. The van der Waals surface area contributed by atoms with Crippen molar-refractivity contribution in [3.05, 3.63) is 35.6 Å². The Kier molecular flexibility index (Phi) is 4.03. The maximum atomic E-state index is 12.9. The number of piperidine rings is 1. The molecule has 1 fully saturated rings. The molecular weight excluding hydrogens is 227 g/mol. The normalized spacial score (nSPS) is 24.8. The van der Waals surface area contributed by atoms with Crippen LogP contribution >= 0.6 is 0 Å². The lowest BCUT2D eigenvalue weighted by Crippen LogP contribution is -2.58. The Morgan fingerprint density at radius 1 is 1.39 bits per heavy atom. The van der Waals surface area contributed by atoms with Gasteiger partial charge in [-0.25, -0.2) is 4.39 Å². The number of halogens is 1. The molecule has 1 aromatic rings. The molecular formula is C15H23FN2. The van der Waals surface area contributed by atoms with Crippen molar-refractivity contribution < 1.29 is 4.39 Å². The van der Waals surface area contributed by atoms with Gasteiger partial charge in [0.2, 0.25) is 0 Å². The second-order valence-corrected chi connectivity index (χ2v) is 5.85. The third-order valence-electron chi connectivity index (χ3n) is 3.85. The average molecular weight is 250 g/mol. The van der Waals surface area contributed by atoms with Crippen molar-refractivity contribution in [3.8, 4) is 0 Å². The Labute approximate surface area is 109 Å². The molecule has 0 spiro atoms. The number of hydrogen-bond acceptors (Lipinski definition) is 2. The molecule has 0 bridgehead atoms. The van der Waals surface area contributed by atoms with Gasteiger partial charge in [-0.3, -0.25) is 4.90 Å². The molecule has 1 aliphatic rings. The quantitative estimate of drug-likeness (QED) is 0.894. The van der Waals surface area contributed by atoms with Gasteiger partial charge in [-0.1, -0.05) is 19.1 Å². The molecule has 2 rings (SSSR count). The van der Waals surface area contributed by atoms with E-state index in [1.54, 1.807) is 0 Å². The van der Waals surface area contributed by atoms with Crippen LogP contribution in [0, 0.1) is 11.7 Å². The third-order valence-corrected chi connectivity index (χ3v) is 3.85. The molecule has 2 nitrogen and oxygen atoms in total. The second kappa shape index (κ2) is 5.37. The summed E-state index contributed by atoms with van der Waals surface area (Å²) in [5.41, 5.74) is 7.21. The summed E-state index contributed by atoms with van der Waals surface area (Å²) in [6.45, 7) is 6.49. The lowest BCUT2D eigenvalue weighted by molar-refractivity contribution is 0.0627. The summed E-state index contributed by atoms with van der Waals surface area (Å²) in [6.07, 6.45) is 3.28. The van der Waals surface area contributed by atoms with Crippen LogP contribution < -0.4 is 5.73 Å². The Bertz CT molecular complexity index is 386. The molecule has 0 aromatic heterocycles. The standard InChI is InChI=1S/C15H23FN2/c1-12-4-3-9-18(11-12)15(2,17)10-13-5-7-14(16)8-6-13/h5-8,12H,3-4,9-11,17H2,1-2H3. The first kappa shape index (κ1) is 13.5. The fourth-order valence-corrected chi connectivity index (χ4v) is 2.78. The number of benzene rings is 1. The van der Waals surface area contributed by atoms with Gasteiger partial charge >= 0.3 is 0 Å². The van der Waals surface area contributed by atoms with Crippen LogP contribution in [0.2, 0.25) is 0 Å². The first-order valence-corrected chi connectivity index (χ1v) is 6.76. The second-order valence-electron chi connectivity index (χ2n) is 5.85. The molecule has 1 aromatic carbocycles. The van der Waals surface area contributed by atoms with Gasteiger partial charge in [0.25, 0.3) is 0 Å².